The molecule has 1 heterocycles. The van der Waals surface area contributed by atoms with E-state index in [1.165, 1.54) is 141 Å². The maximum Gasteiger partial charge on any atom is 0.220 e. The number of aliphatic hydroxyl groups excluding tert-OH is 5. The van der Waals surface area contributed by atoms with Gasteiger partial charge in [0, 0.05) is 6.42 Å². The van der Waals surface area contributed by atoms with Gasteiger partial charge in [-0.1, -0.05) is 289 Å². The lowest BCUT2D eigenvalue weighted by Gasteiger charge is -2.40. The van der Waals surface area contributed by atoms with E-state index in [0.717, 1.165) is 96.3 Å². The summed E-state index contributed by atoms with van der Waals surface area (Å²) >= 11 is 0. The van der Waals surface area contributed by atoms with E-state index in [0.29, 0.717) is 12.8 Å². The lowest BCUT2D eigenvalue weighted by molar-refractivity contribution is -0.302. The minimum absolute atomic E-state index is 0.209. The van der Waals surface area contributed by atoms with Crippen LogP contribution in [-0.4, -0.2) is 87.5 Å². The van der Waals surface area contributed by atoms with Crippen LogP contribution in [-0.2, 0) is 14.3 Å². The van der Waals surface area contributed by atoms with Crippen molar-refractivity contribution >= 4 is 5.91 Å². The van der Waals surface area contributed by atoms with Crippen LogP contribution >= 0.6 is 0 Å². The third kappa shape index (κ3) is 47.1. The predicted octanol–water partition coefficient (Wildman–Crippen LogP) is 17.5. The number of unbranched alkanes of at least 4 members (excludes halogenated alkanes) is 27. The Morgan fingerprint density at radius 1 is 0.438 bits per heavy atom. The molecule has 1 saturated heterocycles. The highest BCUT2D eigenvalue weighted by Crippen LogP contribution is 2.23. The fourth-order valence-electron chi connectivity index (χ4n) is 9.68. The van der Waals surface area contributed by atoms with Crippen LogP contribution in [0.2, 0.25) is 0 Å². The highest BCUT2D eigenvalue weighted by atomic mass is 16.7. The molecule has 7 unspecified atom stereocenters. The maximum absolute atomic E-state index is 13.1. The molecule has 9 nitrogen and oxygen atoms in total. The largest absolute Gasteiger partial charge is 0.394 e. The minimum Gasteiger partial charge on any atom is -0.394 e. The second-order valence-corrected chi connectivity index (χ2v) is 22.2. The Morgan fingerprint density at radius 3 is 1.15 bits per heavy atom. The Hall–Kier alpha value is -3.41. The number of aliphatic hydroxyl groups is 5. The molecule has 9 heteroatoms. The van der Waals surface area contributed by atoms with Gasteiger partial charge < -0.3 is 40.3 Å². The predicted molar refractivity (Wildman–Crippen MR) is 340 cm³/mol. The van der Waals surface area contributed by atoms with Gasteiger partial charge in [-0.2, -0.15) is 0 Å². The molecule has 0 radical (unpaired) electrons. The van der Waals surface area contributed by atoms with Gasteiger partial charge in [-0.05, 0) is 89.9 Å². The number of carbonyl (C=O) groups is 1. The number of rotatable bonds is 55. The minimum atomic E-state index is -1.58. The first-order valence-electron chi connectivity index (χ1n) is 32.8. The van der Waals surface area contributed by atoms with Crippen molar-refractivity contribution in [2.45, 2.75) is 307 Å². The number of amides is 1. The van der Waals surface area contributed by atoms with Gasteiger partial charge in [0.05, 0.1) is 25.4 Å². The molecule has 1 fully saturated rings. The van der Waals surface area contributed by atoms with Crippen molar-refractivity contribution in [3.8, 4) is 0 Å². The topological polar surface area (TPSA) is 149 Å². The Morgan fingerprint density at radius 2 is 0.775 bits per heavy atom. The summed E-state index contributed by atoms with van der Waals surface area (Å²) in [5, 5.41) is 54.7. The number of allylic oxidation sites excluding steroid dienone is 19. The summed E-state index contributed by atoms with van der Waals surface area (Å²) < 4.78 is 11.3. The van der Waals surface area contributed by atoms with Gasteiger partial charge in [0.15, 0.2) is 6.29 Å². The van der Waals surface area contributed by atoms with E-state index in [1.54, 1.807) is 6.08 Å². The molecule has 458 valence electrons. The van der Waals surface area contributed by atoms with Crippen LogP contribution in [0, 0.1) is 0 Å². The van der Waals surface area contributed by atoms with Crippen molar-refractivity contribution in [1.29, 1.82) is 0 Å². The molecule has 1 aliphatic heterocycles. The van der Waals surface area contributed by atoms with Crippen LogP contribution in [0.3, 0.4) is 0 Å². The number of nitrogens with one attached hydrogen (secondary N) is 1. The highest BCUT2D eigenvalue weighted by molar-refractivity contribution is 5.76. The van der Waals surface area contributed by atoms with E-state index in [9.17, 15) is 30.3 Å². The smallest absolute Gasteiger partial charge is 0.220 e. The molecule has 0 aromatic carbocycles. The van der Waals surface area contributed by atoms with Crippen molar-refractivity contribution in [2.75, 3.05) is 13.2 Å². The SMILES string of the molecule is CC/C=C\C/C=C\C/C=C\C/C=C\C/C=C\C/C=C\C/C=C\C/C=C\C/C=C\CCCCCC(=O)NC(COC1OC(CO)C(O)C(O)C1O)C(O)/C=C/CCCCCCCCCCCCCCCCCCCCCCCCCC. The van der Waals surface area contributed by atoms with Crippen molar-refractivity contribution in [3.05, 3.63) is 122 Å². The zero-order valence-electron chi connectivity index (χ0n) is 51.0. The summed E-state index contributed by atoms with van der Waals surface area (Å²) in [5.74, 6) is -0.211. The normalized spacial score (nSPS) is 19.3. The molecule has 0 aliphatic carbocycles. The van der Waals surface area contributed by atoms with E-state index in [4.69, 9.17) is 9.47 Å². The van der Waals surface area contributed by atoms with Crippen molar-refractivity contribution in [2.24, 2.45) is 0 Å². The number of hydrogen-bond acceptors (Lipinski definition) is 8. The molecule has 6 N–H and O–H groups in total. The average molecular weight is 1120 g/mol. The van der Waals surface area contributed by atoms with Crippen LogP contribution in [0.4, 0.5) is 0 Å². The molecule has 7 atom stereocenters. The van der Waals surface area contributed by atoms with E-state index >= 15 is 0 Å². The van der Waals surface area contributed by atoms with E-state index in [1.807, 2.05) is 6.08 Å². The van der Waals surface area contributed by atoms with Crippen molar-refractivity contribution < 1.29 is 39.8 Å². The molecular formula is C71H121NO8. The Kier molecular flexibility index (Phi) is 54.8. The Balaban J connectivity index is 2.24. The van der Waals surface area contributed by atoms with Gasteiger partial charge in [0.1, 0.15) is 24.4 Å². The van der Waals surface area contributed by atoms with Crippen molar-refractivity contribution in [3.63, 3.8) is 0 Å². The second-order valence-electron chi connectivity index (χ2n) is 22.2. The number of carbonyl (C=O) groups excluding carboxylic acids is 1. The van der Waals surface area contributed by atoms with Gasteiger partial charge in [-0.25, -0.2) is 0 Å². The maximum atomic E-state index is 13.1. The number of ether oxygens (including phenoxy) is 2. The monoisotopic (exact) mass is 1120 g/mol. The van der Waals surface area contributed by atoms with Crippen LogP contribution in [0.25, 0.3) is 0 Å². The summed E-state index contributed by atoms with van der Waals surface area (Å²) in [6.07, 6.45) is 81.3. The van der Waals surface area contributed by atoms with E-state index in [-0.39, 0.29) is 12.5 Å². The lowest BCUT2D eigenvalue weighted by atomic mass is 9.99. The molecule has 80 heavy (non-hydrogen) atoms. The first-order valence-corrected chi connectivity index (χ1v) is 32.8. The summed E-state index contributed by atoms with van der Waals surface area (Å²) in [7, 11) is 0. The van der Waals surface area contributed by atoms with E-state index < -0.39 is 49.5 Å². The first-order chi connectivity index (χ1) is 39.3. The molecule has 0 bridgehead atoms. The van der Waals surface area contributed by atoms with Gasteiger partial charge in [-0.15, -0.1) is 0 Å². The number of hydrogen-bond donors (Lipinski definition) is 6. The molecule has 0 aromatic rings. The van der Waals surface area contributed by atoms with Gasteiger partial charge in [-0.3, -0.25) is 4.79 Å². The van der Waals surface area contributed by atoms with Crippen LogP contribution in [0.15, 0.2) is 122 Å². The molecule has 0 aromatic heterocycles. The molecule has 0 spiro atoms. The van der Waals surface area contributed by atoms with Gasteiger partial charge in [0.2, 0.25) is 5.91 Å². The molecule has 1 aliphatic rings. The summed E-state index contributed by atoms with van der Waals surface area (Å²) in [5.41, 5.74) is 0. The molecule has 0 saturated carbocycles. The molecule has 1 rings (SSSR count). The zero-order valence-corrected chi connectivity index (χ0v) is 51.0. The quantitative estimate of drug-likeness (QED) is 0.0261. The van der Waals surface area contributed by atoms with Gasteiger partial charge in [0.25, 0.3) is 0 Å². The average Bonchev–Trinajstić information content (AvgIpc) is 3.46. The first kappa shape index (κ1) is 74.6. The van der Waals surface area contributed by atoms with Crippen LogP contribution < -0.4 is 5.32 Å². The third-order valence-electron chi connectivity index (χ3n) is 14.8. The third-order valence-corrected chi connectivity index (χ3v) is 14.8. The van der Waals surface area contributed by atoms with E-state index in [2.05, 4.69) is 129 Å². The summed E-state index contributed by atoms with van der Waals surface area (Å²) in [4.78, 5) is 13.1. The Labute approximate surface area is 490 Å². The zero-order chi connectivity index (χ0) is 57.9. The fourth-order valence-corrected chi connectivity index (χ4v) is 9.68. The van der Waals surface area contributed by atoms with Gasteiger partial charge >= 0.3 is 0 Å². The Bertz CT molecular complexity index is 1670. The summed E-state index contributed by atoms with van der Waals surface area (Å²) in [6, 6.07) is -0.834. The molecule has 1 amide bonds. The highest BCUT2D eigenvalue weighted by Gasteiger charge is 2.44. The lowest BCUT2D eigenvalue weighted by Crippen LogP contribution is -2.60. The molecular weight excluding hydrogens is 995 g/mol. The standard InChI is InChI=1S/C71H121NO8/c1-3-5-7-9-11-13-15-17-19-21-23-25-27-29-31-32-33-34-35-37-39-41-43-45-47-49-51-53-55-57-59-61-67(75)72-64(63-79-71-70(78)69(77)68(76)66(62-73)80-71)65(74)60-58-56-54-52-50-48-46-44-42-40-38-36-30-28-26-24-22-20-18-16-14-12-10-8-6-4-2/h5,7,11,13,17,19,23,25,29,31,33-34,37,39,43,45,49,51,58,60,64-66,68-71,73-74,76-78H,3-4,6,8-10,12,14-16,18,20-22,24,26-28,30,32,35-36,38,40-42,44,46-48,50,52-57,59,61-63H2,1-2H3,(H,72,75)/b7-5-,13-11-,19-17-,25-23-,31-29-,34-33-,39-37-,45-43-,51-49-,60-58+. The second kappa shape index (κ2) is 58.8. The van der Waals surface area contributed by atoms with Crippen LogP contribution in [0.5, 0.6) is 0 Å². The van der Waals surface area contributed by atoms with Crippen molar-refractivity contribution in [1.82, 2.24) is 5.32 Å². The van der Waals surface area contributed by atoms with Crippen LogP contribution in [0.1, 0.15) is 264 Å². The fraction of sp³-hybridized carbons (Fsp3) is 0.704. The summed E-state index contributed by atoms with van der Waals surface area (Å²) in [6.45, 7) is 3.66.